The fourth-order valence-electron chi connectivity index (χ4n) is 3.91. The summed E-state index contributed by atoms with van der Waals surface area (Å²) in [5, 5.41) is 5.49. The number of amides is 1. The van der Waals surface area contributed by atoms with E-state index in [1.165, 1.54) is 12.4 Å². The van der Waals surface area contributed by atoms with E-state index in [0.29, 0.717) is 47.3 Å². The molecule has 0 spiro atoms. The van der Waals surface area contributed by atoms with Crippen molar-refractivity contribution in [2.24, 2.45) is 0 Å². The minimum atomic E-state index is -0.0865. The van der Waals surface area contributed by atoms with Crippen LogP contribution >= 0.6 is 0 Å². The number of rotatable bonds is 5. The highest BCUT2D eigenvalue weighted by Crippen LogP contribution is 2.34. The van der Waals surface area contributed by atoms with E-state index in [9.17, 15) is 4.79 Å². The highest BCUT2D eigenvalue weighted by atomic mass is 16.5. The monoisotopic (exact) mass is 427 g/mol. The van der Waals surface area contributed by atoms with Crippen LogP contribution in [0.15, 0.2) is 67.6 Å². The zero-order valence-corrected chi connectivity index (χ0v) is 17.3. The van der Waals surface area contributed by atoms with Gasteiger partial charge in [0.1, 0.15) is 23.6 Å². The van der Waals surface area contributed by atoms with Crippen molar-refractivity contribution in [1.82, 2.24) is 29.6 Å². The number of hydrogen-bond donors (Lipinski definition) is 1. The van der Waals surface area contributed by atoms with Gasteiger partial charge < -0.3 is 15.4 Å². The van der Waals surface area contributed by atoms with Gasteiger partial charge in [-0.15, -0.1) is 0 Å². The molecule has 1 aromatic carbocycles. The van der Waals surface area contributed by atoms with Crippen molar-refractivity contribution in [3.05, 3.63) is 67.6 Å². The van der Waals surface area contributed by atoms with Gasteiger partial charge in [0, 0.05) is 30.9 Å². The van der Waals surface area contributed by atoms with Crippen LogP contribution in [-0.2, 0) is 4.79 Å². The largest absolute Gasteiger partial charge is 0.439 e. The summed E-state index contributed by atoms with van der Waals surface area (Å²) in [5.74, 6) is 1.44. The molecule has 0 aliphatic carbocycles. The quantitative estimate of drug-likeness (QED) is 0.487. The van der Waals surface area contributed by atoms with Gasteiger partial charge in [-0.05, 0) is 30.7 Å². The second kappa shape index (κ2) is 8.10. The highest BCUT2D eigenvalue weighted by Gasteiger charge is 2.30. The Labute approximate surface area is 184 Å². The van der Waals surface area contributed by atoms with E-state index in [1.54, 1.807) is 17.2 Å². The average molecular weight is 427 g/mol. The number of nitrogens with two attached hydrogens (primary N) is 1. The topological polar surface area (TPSA) is 112 Å². The van der Waals surface area contributed by atoms with Crippen LogP contribution in [0.2, 0.25) is 0 Å². The van der Waals surface area contributed by atoms with Gasteiger partial charge in [0.25, 0.3) is 0 Å². The van der Waals surface area contributed by atoms with Crippen LogP contribution in [0.4, 0.5) is 5.82 Å². The fourth-order valence-corrected chi connectivity index (χ4v) is 3.91. The molecule has 1 saturated heterocycles. The zero-order valence-electron chi connectivity index (χ0n) is 17.3. The average Bonchev–Trinajstić information content (AvgIpc) is 3.46. The first kappa shape index (κ1) is 19.7. The maximum Gasteiger partial charge on any atom is 0.246 e. The van der Waals surface area contributed by atoms with Crippen LogP contribution in [0.5, 0.6) is 11.6 Å². The van der Waals surface area contributed by atoms with Gasteiger partial charge in [0.15, 0.2) is 5.65 Å². The maximum absolute atomic E-state index is 12.0. The summed E-state index contributed by atoms with van der Waals surface area (Å²) >= 11 is 0. The van der Waals surface area contributed by atoms with Crippen LogP contribution in [-0.4, -0.2) is 48.6 Å². The Hall–Kier alpha value is -4.27. The van der Waals surface area contributed by atoms with E-state index >= 15 is 0 Å². The Morgan fingerprint density at radius 2 is 2.00 bits per heavy atom. The molecule has 0 saturated carbocycles. The molecule has 5 rings (SSSR count). The summed E-state index contributed by atoms with van der Waals surface area (Å²) in [7, 11) is 0. The first-order valence-corrected chi connectivity index (χ1v) is 10.2. The van der Waals surface area contributed by atoms with E-state index in [2.05, 4.69) is 21.5 Å². The predicted molar refractivity (Wildman–Crippen MR) is 120 cm³/mol. The van der Waals surface area contributed by atoms with Crippen LogP contribution in [0, 0.1) is 0 Å². The maximum atomic E-state index is 12.0. The predicted octanol–water partition coefficient (Wildman–Crippen LogP) is 3.22. The van der Waals surface area contributed by atoms with Crippen LogP contribution < -0.4 is 10.5 Å². The number of nitrogen functional groups attached to an aromatic ring is 1. The molecule has 4 aromatic rings. The van der Waals surface area contributed by atoms with Crippen molar-refractivity contribution < 1.29 is 9.53 Å². The molecule has 1 amide bonds. The molecular weight excluding hydrogens is 406 g/mol. The van der Waals surface area contributed by atoms with Crippen LogP contribution in [0.1, 0.15) is 12.5 Å². The van der Waals surface area contributed by atoms with Crippen molar-refractivity contribution in [2.75, 3.05) is 18.8 Å². The number of nitrogens with zero attached hydrogens (tertiary/aromatic N) is 6. The zero-order chi connectivity index (χ0) is 22.1. The molecule has 1 aliphatic heterocycles. The van der Waals surface area contributed by atoms with Gasteiger partial charge in [0.05, 0.1) is 11.4 Å². The number of benzene rings is 1. The molecule has 0 radical (unpaired) electrons. The van der Waals surface area contributed by atoms with Gasteiger partial charge >= 0.3 is 0 Å². The summed E-state index contributed by atoms with van der Waals surface area (Å²) in [5.41, 5.74) is 8.26. The molecule has 2 N–H and O–H groups in total. The Morgan fingerprint density at radius 3 is 2.75 bits per heavy atom. The van der Waals surface area contributed by atoms with E-state index in [0.717, 1.165) is 12.0 Å². The third kappa shape index (κ3) is 3.53. The number of carbonyl (C=O) groups is 1. The lowest BCUT2D eigenvalue weighted by Gasteiger charge is -2.14. The molecule has 1 aliphatic rings. The lowest BCUT2D eigenvalue weighted by atomic mass is 10.1. The Bertz CT molecular complexity index is 1290. The molecule has 32 heavy (non-hydrogen) atoms. The second-order valence-corrected chi connectivity index (χ2v) is 7.48. The normalized spacial score (nSPS) is 15.8. The van der Waals surface area contributed by atoms with Gasteiger partial charge in [-0.3, -0.25) is 4.79 Å². The third-order valence-electron chi connectivity index (χ3n) is 5.49. The van der Waals surface area contributed by atoms with Crippen molar-refractivity contribution >= 4 is 22.8 Å². The highest BCUT2D eigenvalue weighted by molar-refractivity contribution is 5.98. The SMILES string of the molecule is C=CC(=O)N1CCC(n2nc(-c3ccc(Oc4ccccc4)nc3)c3c(N)ncnc32)C1. The minimum Gasteiger partial charge on any atom is -0.439 e. The molecule has 1 unspecified atom stereocenters. The lowest BCUT2D eigenvalue weighted by Crippen LogP contribution is -2.27. The number of likely N-dealkylation sites (tertiary alicyclic amines) is 1. The van der Waals surface area contributed by atoms with Gasteiger partial charge in [-0.1, -0.05) is 24.8 Å². The lowest BCUT2D eigenvalue weighted by molar-refractivity contribution is -0.125. The van der Waals surface area contributed by atoms with Gasteiger partial charge in [-0.25, -0.2) is 19.6 Å². The first-order valence-electron chi connectivity index (χ1n) is 10.2. The number of ether oxygens (including phenoxy) is 1. The fraction of sp³-hybridized carbons (Fsp3) is 0.174. The second-order valence-electron chi connectivity index (χ2n) is 7.48. The molecule has 4 heterocycles. The van der Waals surface area contributed by atoms with Crippen LogP contribution in [0.25, 0.3) is 22.3 Å². The number of aromatic nitrogens is 5. The van der Waals surface area contributed by atoms with E-state index in [4.69, 9.17) is 15.6 Å². The first-order chi connectivity index (χ1) is 15.6. The van der Waals surface area contributed by atoms with Crippen molar-refractivity contribution in [1.29, 1.82) is 0 Å². The summed E-state index contributed by atoms with van der Waals surface area (Å²) in [6.07, 6.45) is 5.22. The summed E-state index contributed by atoms with van der Waals surface area (Å²) in [6, 6.07) is 13.1. The van der Waals surface area contributed by atoms with Crippen molar-refractivity contribution in [2.45, 2.75) is 12.5 Å². The molecule has 3 aromatic heterocycles. The Morgan fingerprint density at radius 1 is 1.16 bits per heavy atom. The number of pyridine rings is 1. The minimum absolute atomic E-state index is 0.0157. The molecule has 160 valence electrons. The van der Waals surface area contributed by atoms with E-state index in [-0.39, 0.29) is 11.9 Å². The number of hydrogen-bond acceptors (Lipinski definition) is 7. The van der Waals surface area contributed by atoms with E-state index < -0.39 is 0 Å². The Kier molecular flexibility index (Phi) is 4.98. The summed E-state index contributed by atoms with van der Waals surface area (Å²) in [6.45, 7) is 4.75. The van der Waals surface area contributed by atoms with Gasteiger partial charge in [-0.2, -0.15) is 5.10 Å². The summed E-state index contributed by atoms with van der Waals surface area (Å²) < 4.78 is 7.62. The number of carbonyl (C=O) groups excluding carboxylic acids is 1. The smallest absolute Gasteiger partial charge is 0.246 e. The van der Waals surface area contributed by atoms with Crippen molar-refractivity contribution in [3.8, 4) is 22.9 Å². The number of para-hydroxylation sites is 1. The standard InChI is InChI=1S/C23H21N7O2/c1-2-19(31)29-11-10-16(13-29)30-23-20(22(24)26-14-27-23)21(28-30)15-8-9-18(25-12-15)32-17-6-4-3-5-7-17/h2-9,12,14,16H,1,10-11,13H2,(H2,24,26,27). The molecule has 9 heteroatoms. The van der Waals surface area contributed by atoms with Crippen molar-refractivity contribution in [3.63, 3.8) is 0 Å². The molecular formula is C23H21N7O2. The molecule has 9 nitrogen and oxygen atoms in total. The molecule has 0 bridgehead atoms. The van der Waals surface area contributed by atoms with E-state index in [1.807, 2.05) is 41.1 Å². The Balaban J connectivity index is 1.49. The van der Waals surface area contributed by atoms with Gasteiger partial charge in [0.2, 0.25) is 11.8 Å². The van der Waals surface area contributed by atoms with Crippen LogP contribution in [0.3, 0.4) is 0 Å². The molecule has 1 atom stereocenters. The number of fused-ring (bicyclic) bond motifs is 1. The molecule has 1 fully saturated rings. The summed E-state index contributed by atoms with van der Waals surface area (Å²) in [4.78, 5) is 26.8. The number of anilines is 1. The third-order valence-corrected chi connectivity index (χ3v) is 5.49.